The highest BCUT2D eigenvalue weighted by Crippen LogP contribution is 2.33. The van der Waals surface area contributed by atoms with E-state index in [2.05, 4.69) is 6.08 Å². The Balaban J connectivity index is 1.37. The Hall–Kier alpha value is -4.69. The van der Waals surface area contributed by atoms with Gasteiger partial charge in [-0.25, -0.2) is 0 Å². The fraction of sp³-hybridized carbons (Fsp3) is 0.233. The van der Waals surface area contributed by atoms with Crippen LogP contribution in [0.25, 0.3) is 5.57 Å². The Morgan fingerprint density at radius 1 is 0.571 bits per heavy atom. The van der Waals surface area contributed by atoms with Crippen LogP contribution >= 0.6 is 0 Å². The van der Waals surface area contributed by atoms with Gasteiger partial charge in [-0.05, 0) is 40.8 Å². The second kappa shape index (κ2) is 17.6. The number of ether oxygens (including phenoxy) is 5. The van der Waals surface area contributed by atoms with E-state index in [9.17, 15) is 4.79 Å². The average Bonchev–Trinajstić information content (AvgIpc) is 3.30. The normalized spacial score (nSPS) is 19.2. The topological polar surface area (TPSA) is 63.2 Å². The maximum atomic E-state index is 12.1. The van der Waals surface area contributed by atoms with E-state index in [0.717, 1.165) is 33.4 Å². The smallest absolute Gasteiger partial charge is 0.185 e. The van der Waals surface area contributed by atoms with E-state index in [4.69, 9.17) is 23.7 Å². The maximum Gasteiger partial charge on any atom is 0.185 e. The van der Waals surface area contributed by atoms with E-state index in [-0.39, 0.29) is 12.4 Å². The van der Waals surface area contributed by atoms with Crippen molar-refractivity contribution in [3.63, 3.8) is 0 Å². The number of ketones is 1. The highest BCUT2D eigenvalue weighted by Gasteiger charge is 2.39. The molecule has 4 atom stereocenters. The summed E-state index contributed by atoms with van der Waals surface area (Å²) in [5, 5.41) is 0. The van der Waals surface area contributed by atoms with Gasteiger partial charge in [-0.1, -0.05) is 146 Å². The molecular weight excluding hydrogens is 612 g/mol. The molecular formula is C43H42O6. The minimum atomic E-state index is -0.776. The van der Waals surface area contributed by atoms with Gasteiger partial charge in [0, 0.05) is 11.1 Å². The van der Waals surface area contributed by atoms with Crippen LogP contribution in [0.2, 0.25) is 0 Å². The summed E-state index contributed by atoms with van der Waals surface area (Å²) in [4.78, 5) is 12.1. The predicted octanol–water partition coefficient (Wildman–Crippen LogP) is 8.60. The van der Waals surface area contributed by atoms with Gasteiger partial charge in [-0.15, -0.1) is 0 Å². The molecule has 0 fully saturated rings. The number of hydrogen-bond acceptors (Lipinski definition) is 6. The lowest BCUT2D eigenvalue weighted by molar-refractivity contribution is -0.205. The molecule has 250 valence electrons. The molecule has 0 aromatic heterocycles. The maximum absolute atomic E-state index is 12.1. The third kappa shape index (κ3) is 9.92. The van der Waals surface area contributed by atoms with Crippen molar-refractivity contribution in [1.29, 1.82) is 0 Å². The Kier molecular flexibility index (Phi) is 12.3. The molecule has 1 aliphatic rings. The van der Waals surface area contributed by atoms with Crippen molar-refractivity contribution in [3.8, 4) is 0 Å². The van der Waals surface area contributed by atoms with Gasteiger partial charge in [0.2, 0.25) is 0 Å². The molecule has 6 heteroatoms. The molecule has 0 N–H and O–H groups in total. The lowest BCUT2D eigenvalue weighted by Crippen LogP contribution is -2.44. The summed E-state index contributed by atoms with van der Waals surface area (Å²) < 4.78 is 33.3. The number of Topliss-reactive ketones (excluding diaryl/α,β-unsaturated/α-hetero) is 1. The summed E-state index contributed by atoms with van der Waals surface area (Å²) >= 11 is 0. The minimum absolute atomic E-state index is 0.00333. The van der Waals surface area contributed by atoms with Crippen LogP contribution in [-0.2, 0) is 50.1 Å². The zero-order valence-corrected chi connectivity index (χ0v) is 27.7. The molecule has 5 aromatic rings. The number of carbonyl (C=O) groups is 1. The van der Waals surface area contributed by atoms with Gasteiger partial charge in [0.1, 0.15) is 18.3 Å². The second-order valence-corrected chi connectivity index (χ2v) is 12.1. The zero-order valence-electron chi connectivity index (χ0n) is 27.7. The first-order valence-electron chi connectivity index (χ1n) is 16.7. The Morgan fingerprint density at radius 3 is 1.55 bits per heavy atom. The average molecular weight is 655 g/mol. The fourth-order valence-electron chi connectivity index (χ4n) is 5.76. The zero-order chi connectivity index (χ0) is 33.7. The van der Waals surface area contributed by atoms with Crippen molar-refractivity contribution in [1.82, 2.24) is 0 Å². The molecule has 0 saturated carbocycles. The third-order valence-corrected chi connectivity index (χ3v) is 8.42. The molecule has 0 aliphatic carbocycles. The second-order valence-electron chi connectivity index (χ2n) is 12.1. The quantitative estimate of drug-likeness (QED) is 0.105. The number of hydrogen-bond donors (Lipinski definition) is 0. The molecule has 0 bridgehead atoms. The van der Waals surface area contributed by atoms with Crippen LogP contribution in [0.5, 0.6) is 0 Å². The molecule has 0 saturated heterocycles. The summed E-state index contributed by atoms with van der Waals surface area (Å²) in [6.07, 6.45) is -0.339. The summed E-state index contributed by atoms with van der Waals surface area (Å²) in [5.41, 5.74) is 6.46. The molecule has 1 heterocycles. The lowest BCUT2D eigenvalue weighted by Gasteiger charge is -2.32. The molecule has 0 spiro atoms. The Morgan fingerprint density at radius 2 is 1.04 bits per heavy atom. The van der Waals surface area contributed by atoms with Gasteiger partial charge in [0.25, 0.3) is 0 Å². The van der Waals surface area contributed by atoms with Crippen LogP contribution in [0.1, 0.15) is 45.1 Å². The number of rotatable bonds is 15. The first kappa shape index (κ1) is 34.2. The van der Waals surface area contributed by atoms with Gasteiger partial charge in [-0.3, -0.25) is 4.79 Å². The van der Waals surface area contributed by atoms with Crippen molar-refractivity contribution >= 4 is 11.4 Å². The predicted molar refractivity (Wildman–Crippen MR) is 190 cm³/mol. The molecule has 5 aromatic carbocycles. The number of carbonyl (C=O) groups excluding carboxylic acids is 1. The molecule has 1 aliphatic heterocycles. The van der Waals surface area contributed by atoms with Gasteiger partial charge >= 0.3 is 0 Å². The van der Waals surface area contributed by atoms with E-state index >= 15 is 0 Å². The van der Waals surface area contributed by atoms with Gasteiger partial charge in [0.15, 0.2) is 12.1 Å². The summed E-state index contributed by atoms with van der Waals surface area (Å²) in [5.74, 6) is 0.00333. The molecule has 6 nitrogen and oxygen atoms in total. The van der Waals surface area contributed by atoms with Crippen LogP contribution < -0.4 is 0 Å². The SMILES string of the molecule is CC(=O)c1ccc(C2=C[C@@H](OCc3ccccc3)[C@H](OCc3ccccc3)[C@@H](COCc3ccccc3)O[C@H]2OCc2ccccc2)cc1. The van der Waals surface area contributed by atoms with Gasteiger partial charge in [-0.2, -0.15) is 0 Å². The van der Waals surface area contributed by atoms with E-state index in [0.29, 0.717) is 32.0 Å². The van der Waals surface area contributed by atoms with Crippen molar-refractivity contribution in [3.05, 3.63) is 185 Å². The van der Waals surface area contributed by atoms with Crippen LogP contribution in [0.4, 0.5) is 0 Å². The Bertz CT molecular complexity index is 1740. The van der Waals surface area contributed by atoms with Gasteiger partial charge < -0.3 is 23.7 Å². The largest absolute Gasteiger partial charge is 0.374 e. The highest BCUT2D eigenvalue weighted by molar-refractivity contribution is 5.94. The van der Waals surface area contributed by atoms with E-state index in [1.165, 1.54) is 0 Å². The van der Waals surface area contributed by atoms with Crippen molar-refractivity contribution in [2.45, 2.75) is 58.0 Å². The molecule has 0 unspecified atom stereocenters. The first-order chi connectivity index (χ1) is 24.1. The van der Waals surface area contributed by atoms with Crippen LogP contribution in [0, 0.1) is 0 Å². The van der Waals surface area contributed by atoms with Crippen LogP contribution in [0.15, 0.2) is 152 Å². The summed E-state index contributed by atoms with van der Waals surface area (Å²) in [6, 6.07) is 47.8. The molecule has 0 radical (unpaired) electrons. The summed E-state index contributed by atoms with van der Waals surface area (Å²) in [7, 11) is 0. The van der Waals surface area contributed by atoms with Crippen molar-refractivity contribution in [2.24, 2.45) is 0 Å². The van der Waals surface area contributed by atoms with E-state index in [1.807, 2.05) is 146 Å². The van der Waals surface area contributed by atoms with E-state index in [1.54, 1.807) is 6.92 Å². The van der Waals surface area contributed by atoms with Crippen molar-refractivity contribution in [2.75, 3.05) is 6.61 Å². The molecule has 6 rings (SSSR count). The molecule has 49 heavy (non-hydrogen) atoms. The molecule has 0 amide bonds. The monoisotopic (exact) mass is 654 g/mol. The summed E-state index contributed by atoms with van der Waals surface area (Å²) in [6.45, 7) is 3.30. The van der Waals surface area contributed by atoms with Crippen LogP contribution in [-0.4, -0.2) is 37.0 Å². The minimum Gasteiger partial charge on any atom is -0.374 e. The first-order valence-corrected chi connectivity index (χ1v) is 16.7. The fourth-order valence-corrected chi connectivity index (χ4v) is 5.76. The standard InChI is InChI=1S/C43H42O6/c1-32(44)37-22-24-38(25-23-37)39-26-40(46-28-34-16-8-3-9-17-34)42(47-29-35-18-10-4-11-19-35)41(31-45-27-33-14-6-2-7-15-33)49-43(39)48-30-36-20-12-5-13-21-36/h2-26,40-43H,27-31H2,1H3/t40-,41-,42+,43-/m1/s1. The van der Waals surface area contributed by atoms with E-state index < -0.39 is 24.6 Å². The van der Waals surface area contributed by atoms with Crippen LogP contribution in [0.3, 0.4) is 0 Å². The van der Waals surface area contributed by atoms with Gasteiger partial charge in [0.05, 0.1) is 33.0 Å². The third-order valence-electron chi connectivity index (χ3n) is 8.42. The lowest BCUT2D eigenvalue weighted by atomic mass is 9.99. The Labute approximate surface area is 288 Å². The highest BCUT2D eigenvalue weighted by atomic mass is 16.7. The van der Waals surface area contributed by atoms with Crippen molar-refractivity contribution < 1.29 is 28.5 Å². The number of benzene rings is 5.